The second-order valence-corrected chi connectivity index (χ2v) is 10.4. The van der Waals surface area contributed by atoms with Crippen LogP contribution in [-0.2, 0) is 0 Å². The summed E-state index contributed by atoms with van der Waals surface area (Å²) in [6, 6.07) is 6.73. The van der Waals surface area contributed by atoms with E-state index in [1.54, 1.807) is 37.4 Å². The Morgan fingerprint density at radius 3 is 2.39 bits per heavy atom. The van der Waals surface area contributed by atoms with E-state index in [4.69, 9.17) is 0 Å². The Kier molecular flexibility index (Phi) is 7.33. The molecule has 0 aliphatic rings. The van der Waals surface area contributed by atoms with E-state index in [1.165, 1.54) is 12.5 Å². The molecule has 0 fully saturated rings. The molecule has 1 amide bonds. The van der Waals surface area contributed by atoms with Crippen molar-refractivity contribution in [3.63, 3.8) is 0 Å². The number of halogens is 1. The van der Waals surface area contributed by atoms with Gasteiger partial charge in [-0.1, -0.05) is 0 Å². The van der Waals surface area contributed by atoms with E-state index in [-0.39, 0.29) is 6.04 Å². The second-order valence-electron chi connectivity index (χ2n) is 6.53. The molecule has 0 spiro atoms. The Morgan fingerprint density at radius 1 is 1.21 bits per heavy atom. The zero-order chi connectivity index (χ0) is 20.9. The van der Waals surface area contributed by atoms with Crippen molar-refractivity contribution in [2.75, 3.05) is 28.5 Å². The van der Waals surface area contributed by atoms with Crippen molar-refractivity contribution in [1.82, 2.24) is 9.97 Å². The smallest absolute Gasteiger partial charge is 0.287 e. The van der Waals surface area contributed by atoms with Gasteiger partial charge < -0.3 is 21.1 Å². The highest BCUT2D eigenvalue weighted by Gasteiger charge is 2.22. The van der Waals surface area contributed by atoms with Gasteiger partial charge >= 0.3 is 0 Å². The van der Waals surface area contributed by atoms with E-state index in [1.807, 2.05) is 6.92 Å². The molecule has 0 bridgehead atoms. The normalized spacial score (nSPS) is 13.9. The zero-order valence-electron chi connectivity index (χ0n) is 15.9. The van der Waals surface area contributed by atoms with E-state index in [0.29, 0.717) is 21.9 Å². The summed E-state index contributed by atoms with van der Waals surface area (Å²) in [5.41, 5.74) is 1.28. The summed E-state index contributed by atoms with van der Waals surface area (Å²) in [5.74, 6) is 0.928. The average molecular weight is 471 g/mol. The van der Waals surface area contributed by atoms with Crippen LogP contribution < -0.4 is 16.0 Å². The lowest BCUT2D eigenvalue weighted by molar-refractivity contribution is 0.177. The van der Waals surface area contributed by atoms with Gasteiger partial charge in [-0.15, -0.1) is 4.91 Å². The topological polar surface area (TPSA) is 129 Å². The van der Waals surface area contributed by atoms with Gasteiger partial charge in [0, 0.05) is 17.6 Å². The summed E-state index contributed by atoms with van der Waals surface area (Å²) in [6.07, 6.45) is 4.13. The molecule has 1 aromatic carbocycles. The minimum absolute atomic E-state index is 0.186. The Morgan fingerprint density at radius 2 is 1.82 bits per heavy atom. The summed E-state index contributed by atoms with van der Waals surface area (Å²) in [5, 5.41) is 18.1. The summed E-state index contributed by atoms with van der Waals surface area (Å²) in [7, 11) is -2.23. The van der Waals surface area contributed by atoms with E-state index in [9.17, 15) is 14.8 Å². The SMILES string of the molecule is C[C@@H](O)[C@@H](C)Nc1nc(Nc2ccc(NC(=O)S(C)(C)N=O)cc2)ncc1Br. The van der Waals surface area contributed by atoms with Gasteiger partial charge in [0.05, 0.1) is 16.6 Å². The van der Waals surface area contributed by atoms with Crippen LogP contribution in [0.3, 0.4) is 0 Å². The van der Waals surface area contributed by atoms with Crippen molar-refractivity contribution in [1.29, 1.82) is 0 Å². The van der Waals surface area contributed by atoms with Crippen molar-refractivity contribution in [2.45, 2.75) is 26.0 Å². The van der Waals surface area contributed by atoms with Crippen LogP contribution in [0.25, 0.3) is 0 Å². The van der Waals surface area contributed by atoms with Crippen LogP contribution in [0.1, 0.15) is 13.8 Å². The number of amides is 1. The van der Waals surface area contributed by atoms with Crippen molar-refractivity contribution in [3.8, 4) is 0 Å². The van der Waals surface area contributed by atoms with Crippen LogP contribution in [0, 0.1) is 4.91 Å². The van der Waals surface area contributed by atoms with Crippen molar-refractivity contribution in [2.24, 2.45) is 4.58 Å². The lowest BCUT2D eigenvalue weighted by Crippen LogP contribution is -2.28. The number of nitrogens with one attached hydrogen (secondary N) is 3. The summed E-state index contributed by atoms with van der Waals surface area (Å²) < 4.78 is 3.58. The molecule has 4 N–H and O–H groups in total. The average Bonchev–Trinajstić information content (AvgIpc) is 2.65. The monoisotopic (exact) mass is 470 g/mol. The number of aliphatic hydroxyl groups excluding tert-OH is 1. The number of carbonyl (C=O) groups excluding carboxylic acids is 1. The Labute approximate surface area is 173 Å². The van der Waals surface area contributed by atoms with Gasteiger partial charge in [0.1, 0.15) is 5.82 Å². The number of nitroso groups, excluding NO2 is 1. The number of benzene rings is 1. The number of carbonyl (C=O) groups is 1. The van der Waals surface area contributed by atoms with Gasteiger partial charge in [-0.25, -0.2) is 4.98 Å². The quantitative estimate of drug-likeness (QED) is 0.440. The van der Waals surface area contributed by atoms with Crippen LogP contribution >= 0.6 is 26.1 Å². The molecular weight excluding hydrogens is 448 g/mol. The molecule has 2 aromatic rings. The predicted octanol–water partition coefficient (Wildman–Crippen LogP) is 4.44. The fourth-order valence-corrected chi connectivity index (χ4v) is 2.65. The van der Waals surface area contributed by atoms with Gasteiger partial charge in [0.25, 0.3) is 5.24 Å². The number of nitrogens with zero attached hydrogens (tertiary/aromatic N) is 3. The first-order chi connectivity index (χ1) is 13.1. The lowest BCUT2D eigenvalue weighted by atomic mass is 10.2. The van der Waals surface area contributed by atoms with Crippen LogP contribution in [0.15, 0.2) is 39.5 Å². The first-order valence-corrected chi connectivity index (χ1v) is 11.6. The number of hydrogen-bond donors (Lipinski definition) is 4. The highest BCUT2D eigenvalue weighted by molar-refractivity contribution is 9.10. The molecule has 0 radical (unpaired) electrons. The molecule has 9 nitrogen and oxygen atoms in total. The predicted molar refractivity (Wildman–Crippen MR) is 118 cm³/mol. The number of aromatic nitrogens is 2. The maximum atomic E-state index is 12.0. The third-order valence-corrected chi connectivity index (χ3v) is 5.82. The van der Waals surface area contributed by atoms with Crippen molar-refractivity contribution < 1.29 is 9.90 Å². The third-order valence-electron chi connectivity index (χ3n) is 3.86. The fraction of sp³-hybridized carbons (Fsp3) is 0.353. The molecule has 1 aromatic heterocycles. The number of aliphatic hydroxyl groups is 1. The molecule has 1 heterocycles. The van der Waals surface area contributed by atoms with Gasteiger partial charge in [0.15, 0.2) is 0 Å². The maximum absolute atomic E-state index is 12.0. The largest absolute Gasteiger partial charge is 0.391 e. The molecule has 2 atom stereocenters. The van der Waals surface area contributed by atoms with E-state index in [0.717, 1.165) is 5.69 Å². The minimum Gasteiger partial charge on any atom is -0.391 e. The molecule has 2 rings (SSSR count). The minimum atomic E-state index is -2.23. The van der Waals surface area contributed by atoms with Gasteiger partial charge in [-0.2, -0.15) is 4.98 Å². The standard InChI is InChI=1S/C17H23BrN6O3S/c1-10(11(2)25)20-15-14(18)9-19-16(23-15)21-12-5-7-13(8-6-12)22-17(26)28(3,4)24-27/h5-11,25H,1-4H3,(H,22,26)(H2,19,20,21,23)/t10-,11-/m1/s1. The van der Waals surface area contributed by atoms with Gasteiger partial charge in [-0.05, 0) is 81.4 Å². The summed E-state index contributed by atoms with van der Waals surface area (Å²) in [4.78, 5) is 31.4. The Balaban J connectivity index is 2.08. The third kappa shape index (κ3) is 5.88. The molecule has 0 aliphatic carbocycles. The number of hydrogen-bond acceptors (Lipinski definition) is 8. The molecule has 28 heavy (non-hydrogen) atoms. The van der Waals surface area contributed by atoms with E-state index < -0.39 is 21.6 Å². The zero-order valence-corrected chi connectivity index (χ0v) is 18.3. The highest BCUT2D eigenvalue weighted by atomic mass is 79.9. The Hall–Kier alpha value is -2.24. The maximum Gasteiger partial charge on any atom is 0.287 e. The fourth-order valence-electron chi connectivity index (χ4n) is 1.91. The molecule has 11 heteroatoms. The number of rotatable bonds is 7. The van der Waals surface area contributed by atoms with Crippen LogP contribution in [-0.4, -0.2) is 45.0 Å². The van der Waals surface area contributed by atoms with Gasteiger partial charge in [0.2, 0.25) is 5.95 Å². The molecule has 152 valence electrons. The lowest BCUT2D eigenvalue weighted by Gasteiger charge is -2.19. The molecule has 0 unspecified atom stereocenters. The van der Waals surface area contributed by atoms with Crippen LogP contribution in [0.5, 0.6) is 0 Å². The first kappa shape index (κ1) is 22.1. The number of anilines is 4. The van der Waals surface area contributed by atoms with Gasteiger partial charge in [-0.3, -0.25) is 4.79 Å². The second kappa shape index (κ2) is 9.30. The summed E-state index contributed by atoms with van der Waals surface area (Å²) >= 11 is 3.38. The highest BCUT2D eigenvalue weighted by Crippen LogP contribution is 2.42. The molecule has 0 saturated carbocycles. The van der Waals surface area contributed by atoms with Crippen LogP contribution in [0.4, 0.5) is 27.9 Å². The van der Waals surface area contributed by atoms with Crippen LogP contribution in [0.2, 0.25) is 0 Å². The Bertz CT molecular complexity index is 847. The molecule has 0 aliphatic heterocycles. The first-order valence-electron chi connectivity index (χ1n) is 8.35. The summed E-state index contributed by atoms with van der Waals surface area (Å²) in [6.45, 7) is 3.54. The van der Waals surface area contributed by atoms with E-state index in [2.05, 4.69) is 46.4 Å². The molecule has 0 saturated heterocycles. The van der Waals surface area contributed by atoms with Crippen molar-refractivity contribution >= 4 is 54.5 Å². The van der Waals surface area contributed by atoms with Crippen molar-refractivity contribution in [3.05, 3.63) is 39.8 Å². The van der Waals surface area contributed by atoms with E-state index >= 15 is 0 Å². The molecular formula is C17H23BrN6O3S.